The Morgan fingerprint density at radius 2 is 2.25 bits per heavy atom. The van der Waals surface area contributed by atoms with E-state index in [1.807, 2.05) is 26.0 Å². The van der Waals surface area contributed by atoms with E-state index in [9.17, 15) is 4.79 Å². The van der Waals surface area contributed by atoms with Crippen LogP contribution in [0.1, 0.15) is 19.4 Å². The average molecular weight is 273 g/mol. The van der Waals surface area contributed by atoms with Gasteiger partial charge in [-0.05, 0) is 26.0 Å². The highest BCUT2D eigenvalue weighted by Gasteiger charge is 2.08. The lowest BCUT2D eigenvalue weighted by molar-refractivity contribution is -0.120. The van der Waals surface area contributed by atoms with E-state index in [4.69, 9.17) is 0 Å². The van der Waals surface area contributed by atoms with Gasteiger partial charge in [-0.1, -0.05) is 0 Å². The van der Waals surface area contributed by atoms with Crippen LogP contribution >= 0.6 is 0 Å². The van der Waals surface area contributed by atoms with Crippen LogP contribution in [-0.4, -0.2) is 33.7 Å². The first-order valence-corrected chi connectivity index (χ1v) is 6.59. The number of pyridine rings is 1. The van der Waals surface area contributed by atoms with Crippen molar-refractivity contribution < 1.29 is 4.79 Å². The zero-order chi connectivity index (χ0) is 14.4. The van der Waals surface area contributed by atoms with Gasteiger partial charge in [0.05, 0.1) is 18.4 Å². The molecule has 0 fully saturated rings. The lowest BCUT2D eigenvalue weighted by atomic mass is 10.1. The number of nitrogens with zero attached hydrogens (tertiary/aromatic N) is 2. The van der Waals surface area contributed by atoms with Gasteiger partial charge < -0.3 is 10.6 Å². The van der Waals surface area contributed by atoms with E-state index in [0.29, 0.717) is 6.54 Å². The van der Waals surface area contributed by atoms with E-state index in [2.05, 4.69) is 25.8 Å². The Bertz CT molecular complexity index is 550. The maximum Gasteiger partial charge on any atom is 0.234 e. The number of rotatable bonds is 6. The number of carbonyl (C=O) groups is 1. The summed E-state index contributed by atoms with van der Waals surface area (Å²) in [5.41, 5.74) is 2.92. The summed E-state index contributed by atoms with van der Waals surface area (Å²) in [7, 11) is 0. The topological polar surface area (TPSA) is 82.7 Å². The minimum Gasteiger partial charge on any atom is -0.353 e. The van der Waals surface area contributed by atoms with Gasteiger partial charge in [0.15, 0.2) is 0 Å². The summed E-state index contributed by atoms with van der Waals surface area (Å²) < 4.78 is 0. The van der Waals surface area contributed by atoms with Gasteiger partial charge >= 0.3 is 0 Å². The molecule has 20 heavy (non-hydrogen) atoms. The van der Waals surface area contributed by atoms with Crippen LogP contribution in [0.2, 0.25) is 0 Å². The summed E-state index contributed by atoms with van der Waals surface area (Å²) >= 11 is 0. The first-order chi connectivity index (χ1) is 9.66. The van der Waals surface area contributed by atoms with E-state index in [0.717, 1.165) is 16.8 Å². The molecule has 0 radical (unpaired) electrons. The van der Waals surface area contributed by atoms with Crippen molar-refractivity contribution in [2.45, 2.75) is 26.4 Å². The van der Waals surface area contributed by atoms with Gasteiger partial charge in [0.1, 0.15) is 0 Å². The van der Waals surface area contributed by atoms with E-state index >= 15 is 0 Å². The Morgan fingerprint density at radius 3 is 2.95 bits per heavy atom. The fraction of sp³-hybridized carbons (Fsp3) is 0.357. The molecular weight excluding hydrogens is 254 g/mol. The first-order valence-electron chi connectivity index (χ1n) is 6.59. The molecule has 0 aliphatic carbocycles. The normalized spacial score (nSPS) is 10.8. The van der Waals surface area contributed by atoms with Crippen LogP contribution in [0, 0.1) is 0 Å². The minimum absolute atomic E-state index is 0.00794. The van der Waals surface area contributed by atoms with Crippen molar-refractivity contribution in [1.29, 1.82) is 0 Å². The number of hydrogen-bond donors (Lipinski definition) is 3. The molecule has 0 saturated carbocycles. The van der Waals surface area contributed by atoms with Crippen LogP contribution in [0.25, 0.3) is 11.3 Å². The molecule has 106 valence electrons. The molecule has 3 N–H and O–H groups in total. The first kappa shape index (κ1) is 14.2. The molecule has 2 aromatic rings. The SMILES string of the molecule is CC(C)NC(=O)CNCc1cn[nH]c1-c1cccnc1. The quantitative estimate of drug-likeness (QED) is 0.735. The Morgan fingerprint density at radius 1 is 1.40 bits per heavy atom. The summed E-state index contributed by atoms with van der Waals surface area (Å²) in [6, 6.07) is 4.00. The van der Waals surface area contributed by atoms with Crippen LogP contribution in [-0.2, 0) is 11.3 Å². The number of hydrogen-bond acceptors (Lipinski definition) is 4. The molecule has 0 unspecified atom stereocenters. The lowest BCUT2D eigenvalue weighted by Gasteiger charge is -2.09. The van der Waals surface area contributed by atoms with Crippen LogP contribution in [0.15, 0.2) is 30.7 Å². The smallest absolute Gasteiger partial charge is 0.234 e. The number of amides is 1. The molecule has 0 atom stereocenters. The zero-order valence-corrected chi connectivity index (χ0v) is 11.7. The van der Waals surface area contributed by atoms with Gasteiger partial charge in [0.25, 0.3) is 0 Å². The highest BCUT2D eigenvalue weighted by molar-refractivity contribution is 5.78. The Balaban J connectivity index is 1.92. The van der Waals surface area contributed by atoms with E-state index < -0.39 is 0 Å². The maximum absolute atomic E-state index is 11.5. The number of aromatic nitrogens is 3. The van der Waals surface area contributed by atoms with Gasteiger partial charge in [-0.2, -0.15) is 5.10 Å². The van der Waals surface area contributed by atoms with Crippen molar-refractivity contribution in [3.05, 3.63) is 36.3 Å². The molecule has 0 aromatic carbocycles. The molecular formula is C14H19N5O. The molecule has 0 aliphatic heterocycles. The molecule has 2 heterocycles. The number of aromatic amines is 1. The van der Waals surface area contributed by atoms with Gasteiger partial charge in [0.2, 0.25) is 5.91 Å². The van der Waals surface area contributed by atoms with Crippen LogP contribution in [0.3, 0.4) is 0 Å². The highest BCUT2D eigenvalue weighted by atomic mass is 16.1. The number of carbonyl (C=O) groups excluding carboxylic acids is 1. The predicted molar refractivity (Wildman–Crippen MR) is 76.8 cm³/mol. The molecule has 1 amide bonds. The van der Waals surface area contributed by atoms with Gasteiger partial charge in [-0.25, -0.2) is 0 Å². The van der Waals surface area contributed by atoms with E-state index in [1.165, 1.54) is 0 Å². The van der Waals surface area contributed by atoms with Crippen molar-refractivity contribution in [3.8, 4) is 11.3 Å². The molecule has 0 bridgehead atoms. The Kier molecular flexibility index (Phi) is 4.84. The summed E-state index contributed by atoms with van der Waals surface area (Å²) in [4.78, 5) is 15.6. The van der Waals surface area contributed by atoms with E-state index in [1.54, 1.807) is 18.6 Å². The molecule has 2 rings (SSSR count). The summed E-state index contributed by atoms with van der Waals surface area (Å²) in [6.45, 7) is 4.74. The van der Waals surface area contributed by atoms with Crippen LogP contribution < -0.4 is 10.6 Å². The second-order valence-electron chi connectivity index (χ2n) is 4.84. The number of H-pyrrole nitrogens is 1. The summed E-state index contributed by atoms with van der Waals surface area (Å²) in [5, 5.41) is 13.0. The van der Waals surface area contributed by atoms with Gasteiger partial charge in [-0.3, -0.25) is 14.9 Å². The number of nitrogens with one attached hydrogen (secondary N) is 3. The monoisotopic (exact) mass is 273 g/mol. The van der Waals surface area contributed by atoms with Gasteiger partial charge in [-0.15, -0.1) is 0 Å². The molecule has 6 heteroatoms. The fourth-order valence-corrected chi connectivity index (χ4v) is 1.89. The third-order valence-electron chi connectivity index (χ3n) is 2.72. The van der Waals surface area contributed by atoms with E-state index in [-0.39, 0.29) is 18.5 Å². The maximum atomic E-state index is 11.5. The highest BCUT2D eigenvalue weighted by Crippen LogP contribution is 2.19. The summed E-state index contributed by atoms with van der Waals surface area (Å²) in [6.07, 6.45) is 5.27. The predicted octanol–water partition coefficient (Wildman–Crippen LogP) is 1.09. The minimum atomic E-state index is -0.00794. The standard InChI is InChI=1S/C14H19N5O/c1-10(2)18-13(20)9-16-7-12-8-17-19-14(12)11-4-3-5-15-6-11/h3-6,8,10,16H,7,9H2,1-2H3,(H,17,19)(H,18,20). The third-order valence-corrected chi connectivity index (χ3v) is 2.72. The Hall–Kier alpha value is -2.21. The molecule has 2 aromatic heterocycles. The van der Waals surface area contributed by atoms with Crippen molar-refractivity contribution in [1.82, 2.24) is 25.8 Å². The molecule has 0 aliphatic rings. The van der Waals surface area contributed by atoms with Gasteiger partial charge in [0, 0.05) is 36.1 Å². The largest absolute Gasteiger partial charge is 0.353 e. The fourth-order valence-electron chi connectivity index (χ4n) is 1.89. The molecule has 6 nitrogen and oxygen atoms in total. The lowest BCUT2D eigenvalue weighted by Crippen LogP contribution is -2.37. The Labute approximate surface area is 118 Å². The second kappa shape index (κ2) is 6.81. The average Bonchev–Trinajstić information content (AvgIpc) is 2.87. The van der Waals surface area contributed by atoms with Crippen LogP contribution in [0.5, 0.6) is 0 Å². The second-order valence-corrected chi connectivity index (χ2v) is 4.84. The molecule has 0 saturated heterocycles. The van der Waals surface area contributed by atoms with Crippen molar-refractivity contribution in [2.24, 2.45) is 0 Å². The van der Waals surface area contributed by atoms with Crippen LogP contribution in [0.4, 0.5) is 0 Å². The zero-order valence-electron chi connectivity index (χ0n) is 11.7. The van der Waals surface area contributed by atoms with Crippen molar-refractivity contribution >= 4 is 5.91 Å². The summed E-state index contributed by atoms with van der Waals surface area (Å²) in [5.74, 6) is -0.00794. The third kappa shape index (κ3) is 3.89. The molecule has 0 spiro atoms. The van der Waals surface area contributed by atoms with Crippen molar-refractivity contribution in [3.63, 3.8) is 0 Å². The van der Waals surface area contributed by atoms with Crippen molar-refractivity contribution in [2.75, 3.05) is 6.54 Å².